The van der Waals surface area contributed by atoms with Crippen molar-refractivity contribution in [1.29, 1.82) is 5.26 Å². The van der Waals surface area contributed by atoms with Gasteiger partial charge in [-0.25, -0.2) is 4.79 Å². The lowest BCUT2D eigenvalue weighted by Gasteiger charge is -2.32. The molecular weight excluding hydrogens is 418 g/mol. The van der Waals surface area contributed by atoms with Gasteiger partial charge in [0.1, 0.15) is 17.5 Å². The van der Waals surface area contributed by atoms with Crippen LogP contribution in [0.15, 0.2) is 0 Å². The highest BCUT2D eigenvalue weighted by Gasteiger charge is 2.28. The Balaban J connectivity index is 1.58. The highest BCUT2D eigenvalue weighted by Crippen LogP contribution is 2.36. The molecule has 0 unspecified atom stereocenters. The molecule has 1 aliphatic carbocycles. The predicted molar refractivity (Wildman–Crippen MR) is 128 cm³/mol. The van der Waals surface area contributed by atoms with Crippen molar-refractivity contribution >= 4 is 17.8 Å². The Labute approximate surface area is 197 Å². The Morgan fingerprint density at radius 2 is 1.73 bits per heavy atom. The molecule has 0 aromatic carbocycles. The van der Waals surface area contributed by atoms with Gasteiger partial charge in [0, 0.05) is 30.9 Å². The average molecular weight is 458 g/mol. The molecule has 2 aliphatic rings. The summed E-state index contributed by atoms with van der Waals surface area (Å²) in [5, 5.41) is 15.8. The van der Waals surface area contributed by atoms with E-state index in [9.17, 15) is 14.9 Å². The number of carbonyl (C=O) groups is 2. The van der Waals surface area contributed by atoms with E-state index in [4.69, 9.17) is 4.74 Å². The third-order valence-electron chi connectivity index (χ3n) is 6.74. The SMILES string of the molecule is Cc1c(C#N)c(NC(=O)CN2CCC(NC(=O)OC(C)(C)C)CC2)n(C2CCCCC2)c1C. The van der Waals surface area contributed by atoms with E-state index in [1.807, 2.05) is 34.6 Å². The highest BCUT2D eigenvalue weighted by molar-refractivity contribution is 5.93. The molecule has 1 aliphatic heterocycles. The number of carbonyl (C=O) groups excluding carboxylic acids is 2. The van der Waals surface area contributed by atoms with Crippen LogP contribution >= 0.6 is 0 Å². The highest BCUT2D eigenvalue weighted by atomic mass is 16.6. The van der Waals surface area contributed by atoms with Crippen molar-refractivity contribution < 1.29 is 14.3 Å². The lowest BCUT2D eigenvalue weighted by atomic mass is 9.95. The van der Waals surface area contributed by atoms with Crippen molar-refractivity contribution in [3.63, 3.8) is 0 Å². The lowest BCUT2D eigenvalue weighted by Crippen LogP contribution is -2.47. The zero-order valence-electron chi connectivity index (χ0n) is 20.8. The number of hydrogen-bond donors (Lipinski definition) is 2. The first kappa shape index (κ1) is 25.1. The molecule has 1 saturated carbocycles. The monoisotopic (exact) mass is 457 g/mol. The number of anilines is 1. The van der Waals surface area contributed by atoms with E-state index in [1.54, 1.807) is 0 Å². The van der Waals surface area contributed by atoms with Gasteiger partial charge in [-0.1, -0.05) is 19.3 Å². The number of rotatable bonds is 5. The molecule has 0 radical (unpaired) electrons. The van der Waals surface area contributed by atoms with Crippen LogP contribution in [0, 0.1) is 25.2 Å². The molecule has 0 bridgehead atoms. The fraction of sp³-hybridized carbons (Fsp3) is 0.720. The third kappa shape index (κ3) is 6.50. The maximum absolute atomic E-state index is 13.0. The summed E-state index contributed by atoms with van der Waals surface area (Å²) in [6.45, 7) is 11.3. The molecule has 1 aromatic heterocycles. The Hall–Kier alpha value is -2.53. The van der Waals surface area contributed by atoms with Crippen LogP contribution in [0.3, 0.4) is 0 Å². The minimum Gasteiger partial charge on any atom is -0.444 e. The molecule has 33 heavy (non-hydrogen) atoms. The molecule has 2 fully saturated rings. The second-order valence-corrected chi connectivity index (χ2v) is 10.5. The van der Waals surface area contributed by atoms with Gasteiger partial charge in [-0.3, -0.25) is 9.69 Å². The summed E-state index contributed by atoms with van der Waals surface area (Å²) in [7, 11) is 0. The maximum atomic E-state index is 13.0. The van der Waals surface area contributed by atoms with Crippen LogP contribution in [0.2, 0.25) is 0 Å². The number of aromatic nitrogens is 1. The smallest absolute Gasteiger partial charge is 0.407 e. The van der Waals surface area contributed by atoms with E-state index in [2.05, 4.69) is 26.2 Å². The van der Waals surface area contributed by atoms with Crippen LogP contribution in [0.1, 0.15) is 88.6 Å². The lowest BCUT2D eigenvalue weighted by molar-refractivity contribution is -0.117. The van der Waals surface area contributed by atoms with Crippen LogP contribution in [-0.4, -0.2) is 52.7 Å². The van der Waals surface area contributed by atoms with Gasteiger partial charge in [0.15, 0.2) is 0 Å². The Morgan fingerprint density at radius 1 is 1.09 bits per heavy atom. The van der Waals surface area contributed by atoms with E-state index in [-0.39, 0.29) is 18.5 Å². The number of piperidine rings is 1. The zero-order valence-corrected chi connectivity index (χ0v) is 20.8. The zero-order chi connectivity index (χ0) is 24.2. The molecule has 8 heteroatoms. The molecule has 2 N–H and O–H groups in total. The van der Waals surface area contributed by atoms with Gasteiger partial charge in [-0.15, -0.1) is 0 Å². The number of likely N-dealkylation sites (tertiary alicyclic amines) is 1. The topological polar surface area (TPSA) is 99.4 Å². The molecule has 2 amide bonds. The summed E-state index contributed by atoms with van der Waals surface area (Å²) >= 11 is 0. The number of alkyl carbamates (subject to hydrolysis) is 1. The van der Waals surface area contributed by atoms with Crippen LogP contribution in [0.5, 0.6) is 0 Å². The van der Waals surface area contributed by atoms with Crippen molar-refractivity contribution in [1.82, 2.24) is 14.8 Å². The minimum absolute atomic E-state index is 0.0539. The molecule has 0 spiro atoms. The van der Waals surface area contributed by atoms with E-state index in [1.165, 1.54) is 19.3 Å². The number of ether oxygens (including phenoxy) is 1. The molecule has 3 rings (SSSR count). The molecule has 1 saturated heterocycles. The van der Waals surface area contributed by atoms with Gasteiger partial charge < -0.3 is 19.9 Å². The van der Waals surface area contributed by atoms with E-state index in [0.29, 0.717) is 17.4 Å². The molecule has 0 atom stereocenters. The van der Waals surface area contributed by atoms with E-state index < -0.39 is 11.7 Å². The maximum Gasteiger partial charge on any atom is 0.407 e. The van der Waals surface area contributed by atoms with Crippen molar-refractivity contribution in [2.45, 2.75) is 97.2 Å². The van der Waals surface area contributed by atoms with Crippen LogP contribution in [0.25, 0.3) is 0 Å². The van der Waals surface area contributed by atoms with Gasteiger partial charge in [0.05, 0.1) is 12.1 Å². The van der Waals surface area contributed by atoms with Gasteiger partial charge in [0.25, 0.3) is 0 Å². The molecule has 2 heterocycles. The second-order valence-electron chi connectivity index (χ2n) is 10.5. The molecule has 182 valence electrons. The number of nitrogens with one attached hydrogen (secondary N) is 2. The number of nitrogens with zero attached hydrogens (tertiary/aromatic N) is 3. The summed E-state index contributed by atoms with van der Waals surface area (Å²) < 4.78 is 7.53. The van der Waals surface area contributed by atoms with Crippen LogP contribution < -0.4 is 10.6 Å². The average Bonchev–Trinajstić information content (AvgIpc) is 2.97. The molecular formula is C25H39N5O3. The molecule has 8 nitrogen and oxygen atoms in total. The van der Waals surface area contributed by atoms with Crippen molar-refractivity contribution in [3.8, 4) is 6.07 Å². The largest absolute Gasteiger partial charge is 0.444 e. The first-order valence-corrected chi connectivity index (χ1v) is 12.2. The number of nitriles is 1. The Morgan fingerprint density at radius 3 is 2.30 bits per heavy atom. The summed E-state index contributed by atoms with van der Waals surface area (Å²) in [4.78, 5) is 27.1. The van der Waals surface area contributed by atoms with E-state index >= 15 is 0 Å². The Bertz CT molecular complexity index is 895. The molecule has 1 aromatic rings. The van der Waals surface area contributed by atoms with Crippen LogP contribution in [0.4, 0.5) is 10.6 Å². The number of hydrogen-bond acceptors (Lipinski definition) is 5. The second kappa shape index (κ2) is 10.6. The summed E-state index contributed by atoms with van der Waals surface area (Å²) in [5.74, 6) is 0.561. The third-order valence-corrected chi connectivity index (χ3v) is 6.74. The van der Waals surface area contributed by atoms with Gasteiger partial charge >= 0.3 is 6.09 Å². The van der Waals surface area contributed by atoms with Gasteiger partial charge in [-0.05, 0) is 65.9 Å². The van der Waals surface area contributed by atoms with Crippen molar-refractivity contribution in [2.24, 2.45) is 0 Å². The summed E-state index contributed by atoms with van der Waals surface area (Å²) in [6, 6.07) is 2.70. The van der Waals surface area contributed by atoms with Gasteiger partial charge in [-0.2, -0.15) is 5.26 Å². The first-order valence-electron chi connectivity index (χ1n) is 12.2. The van der Waals surface area contributed by atoms with Crippen molar-refractivity contribution in [3.05, 3.63) is 16.8 Å². The van der Waals surface area contributed by atoms with Crippen LogP contribution in [-0.2, 0) is 9.53 Å². The van der Waals surface area contributed by atoms with Crippen molar-refractivity contribution in [2.75, 3.05) is 25.0 Å². The normalized spacial score (nSPS) is 18.5. The minimum atomic E-state index is -0.517. The fourth-order valence-electron chi connectivity index (χ4n) is 4.97. The predicted octanol–water partition coefficient (Wildman–Crippen LogP) is 4.41. The summed E-state index contributed by atoms with van der Waals surface area (Å²) in [6.07, 6.45) is 6.94. The van der Waals surface area contributed by atoms with E-state index in [0.717, 1.165) is 50.0 Å². The van der Waals surface area contributed by atoms with Gasteiger partial charge in [0.2, 0.25) is 5.91 Å². The standard InChI is InChI=1S/C25H39N5O3/c1-17-18(2)30(20-9-7-6-8-10-20)23(21(17)15-26)28-22(31)16-29-13-11-19(12-14-29)27-24(32)33-25(3,4)5/h19-20H,6-14,16H2,1-5H3,(H,27,32)(H,28,31). The quantitative estimate of drug-likeness (QED) is 0.682. The Kier molecular flexibility index (Phi) is 8.06. The number of amides is 2. The summed E-state index contributed by atoms with van der Waals surface area (Å²) in [5.41, 5.74) is 2.08. The first-order chi connectivity index (χ1) is 15.6. The fourth-order valence-corrected chi connectivity index (χ4v) is 4.97.